The number of hydrogen-bond acceptors (Lipinski definition) is 6. The van der Waals surface area contributed by atoms with Crippen LogP contribution < -0.4 is 10.5 Å². The maximum absolute atomic E-state index is 11.1. The van der Waals surface area contributed by atoms with Gasteiger partial charge in [0.2, 0.25) is 5.09 Å². The molecule has 110 valence electrons. The van der Waals surface area contributed by atoms with Gasteiger partial charge in [0.25, 0.3) is 10.0 Å². The summed E-state index contributed by atoms with van der Waals surface area (Å²) in [5.41, 5.74) is 0.980. The van der Waals surface area contributed by atoms with Crippen LogP contribution >= 0.6 is 11.3 Å². The normalized spacial score (nSPS) is 12.0. The number of hydrogen-bond donors (Lipinski definition) is 2. The molecule has 3 N–H and O–H groups in total. The van der Waals surface area contributed by atoms with E-state index in [2.05, 4.69) is 10.3 Å². The van der Waals surface area contributed by atoms with Gasteiger partial charge in [0.1, 0.15) is 10.8 Å². The molecule has 0 aliphatic rings. The van der Waals surface area contributed by atoms with E-state index in [-0.39, 0.29) is 5.09 Å². The van der Waals surface area contributed by atoms with Crippen LogP contribution in [0.5, 0.6) is 0 Å². The van der Waals surface area contributed by atoms with Crippen molar-refractivity contribution in [1.82, 2.24) is 10.3 Å². The van der Waals surface area contributed by atoms with Crippen molar-refractivity contribution in [2.75, 3.05) is 0 Å². The zero-order chi connectivity index (χ0) is 14.9. The third-order valence-corrected chi connectivity index (χ3v) is 4.65. The number of primary sulfonamides is 1. The van der Waals surface area contributed by atoms with E-state index in [4.69, 9.17) is 9.56 Å². The summed E-state index contributed by atoms with van der Waals surface area (Å²) in [6, 6.07) is 10.9. The lowest BCUT2D eigenvalue weighted by Crippen LogP contribution is -2.12. The number of benzene rings is 1. The first-order valence-electron chi connectivity index (χ1n) is 6.19. The molecular weight excluding hydrogens is 310 g/mol. The lowest BCUT2D eigenvalue weighted by Gasteiger charge is -1.99. The fourth-order valence-electron chi connectivity index (χ4n) is 1.89. The standard InChI is InChI=1S/C13H13N3O3S2/c14-21(17,18)13-6-5-9(19-13)7-15-8-12-16-10-3-1-2-4-11(10)20-12/h1-6,15H,7-8H2,(H2,14,17,18). The molecule has 2 heterocycles. The van der Waals surface area contributed by atoms with Crippen LogP contribution in [0.25, 0.3) is 10.2 Å². The van der Waals surface area contributed by atoms with Crippen LogP contribution in [-0.4, -0.2) is 13.4 Å². The van der Waals surface area contributed by atoms with Crippen LogP contribution in [-0.2, 0) is 23.1 Å². The van der Waals surface area contributed by atoms with Gasteiger partial charge in [0, 0.05) is 6.54 Å². The quantitative estimate of drug-likeness (QED) is 0.746. The van der Waals surface area contributed by atoms with Crippen LogP contribution in [0.1, 0.15) is 10.8 Å². The Morgan fingerprint density at radius 1 is 1.19 bits per heavy atom. The SMILES string of the molecule is NS(=O)(=O)c1ccc(CNCc2nc3ccccc3s2)o1. The van der Waals surface area contributed by atoms with Gasteiger partial charge in [0.05, 0.1) is 16.8 Å². The van der Waals surface area contributed by atoms with Gasteiger partial charge in [-0.3, -0.25) is 0 Å². The molecule has 1 aromatic carbocycles. The van der Waals surface area contributed by atoms with Gasteiger partial charge >= 0.3 is 0 Å². The highest BCUT2D eigenvalue weighted by Gasteiger charge is 2.13. The lowest BCUT2D eigenvalue weighted by atomic mass is 10.3. The van der Waals surface area contributed by atoms with Crippen LogP contribution in [0.4, 0.5) is 0 Å². The number of aromatic nitrogens is 1. The largest absolute Gasteiger partial charge is 0.447 e. The number of fused-ring (bicyclic) bond motifs is 1. The Bertz CT molecular complexity index is 835. The van der Waals surface area contributed by atoms with E-state index >= 15 is 0 Å². The Morgan fingerprint density at radius 3 is 2.71 bits per heavy atom. The second-order valence-corrected chi connectivity index (χ2v) is 7.05. The fourth-order valence-corrected chi connectivity index (χ4v) is 3.31. The number of nitrogens with one attached hydrogen (secondary N) is 1. The molecule has 0 saturated carbocycles. The summed E-state index contributed by atoms with van der Waals surface area (Å²) in [4.78, 5) is 4.50. The third kappa shape index (κ3) is 3.30. The molecule has 0 saturated heterocycles. The average Bonchev–Trinajstić information content (AvgIpc) is 3.03. The molecule has 0 aliphatic heterocycles. The minimum absolute atomic E-state index is 0.223. The predicted octanol–water partition coefficient (Wildman–Crippen LogP) is 1.83. The molecule has 0 bridgehead atoms. The zero-order valence-corrected chi connectivity index (χ0v) is 12.6. The van der Waals surface area contributed by atoms with Gasteiger partial charge in [-0.05, 0) is 24.3 Å². The smallest absolute Gasteiger partial charge is 0.271 e. The van der Waals surface area contributed by atoms with Crippen LogP contribution in [0.3, 0.4) is 0 Å². The highest BCUT2D eigenvalue weighted by atomic mass is 32.2. The van der Waals surface area contributed by atoms with E-state index in [1.807, 2.05) is 24.3 Å². The molecule has 0 radical (unpaired) electrons. The maximum Gasteiger partial charge on any atom is 0.271 e. The van der Waals surface area contributed by atoms with E-state index in [9.17, 15) is 8.42 Å². The van der Waals surface area contributed by atoms with Gasteiger partial charge in [-0.2, -0.15) is 0 Å². The van der Waals surface area contributed by atoms with E-state index in [1.54, 1.807) is 17.4 Å². The van der Waals surface area contributed by atoms with Crippen molar-refractivity contribution in [2.24, 2.45) is 5.14 Å². The van der Waals surface area contributed by atoms with Gasteiger partial charge in [0.15, 0.2) is 0 Å². The average molecular weight is 323 g/mol. The summed E-state index contributed by atoms with van der Waals surface area (Å²) in [6.45, 7) is 0.996. The molecule has 21 heavy (non-hydrogen) atoms. The molecule has 2 aromatic heterocycles. The van der Waals surface area contributed by atoms with Crippen molar-refractivity contribution < 1.29 is 12.8 Å². The molecule has 8 heteroatoms. The minimum atomic E-state index is -3.78. The van der Waals surface area contributed by atoms with E-state index in [0.717, 1.165) is 15.2 Å². The Kier molecular flexibility index (Phi) is 3.77. The number of furan rings is 1. The Labute approximate surface area is 125 Å². The van der Waals surface area contributed by atoms with Gasteiger partial charge in [-0.15, -0.1) is 11.3 Å². The lowest BCUT2D eigenvalue weighted by molar-refractivity contribution is 0.402. The number of sulfonamides is 1. The molecule has 6 nitrogen and oxygen atoms in total. The van der Waals surface area contributed by atoms with Crippen molar-refractivity contribution in [2.45, 2.75) is 18.2 Å². The van der Waals surface area contributed by atoms with Crippen LogP contribution in [0.15, 0.2) is 45.9 Å². The molecule has 0 fully saturated rings. The summed E-state index contributed by atoms with van der Waals surface area (Å²) < 4.78 is 28.5. The van der Waals surface area contributed by atoms with Gasteiger partial charge in [-0.25, -0.2) is 18.5 Å². The van der Waals surface area contributed by atoms with Crippen molar-refractivity contribution in [3.05, 3.63) is 47.2 Å². The van der Waals surface area contributed by atoms with Crippen molar-refractivity contribution in [3.63, 3.8) is 0 Å². The Hall–Kier alpha value is -1.74. The van der Waals surface area contributed by atoms with Gasteiger partial charge < -0.3 is 9.73 Å². The topological polar surface area (TPSA) is 98.2 Å². The Morgan fingerprint density at radius 2 is 2.00 bits per heavy atom. The molecule has 0 atom stereocenters. The van der Waals surface area contributed by atoms with Crippen LogP contribution in [0.2, 0.25) is 0 Å². The summed E-state index contributed by atoms with van der Waals surface area (Å²) in [5.74, 6) is 0.514. The summed E-state index contributed by atoms with van der Waals surface area (Å²) >= 11 is 1.62. The molecule has 0 unspecified atom stereocenters. The van der Waals surface area contributed by atoms with Crippen molar-refractivity contribution >= 4 is 31.6 Å². The third-order valence-electron chi connectivity index (χ3n) is 2.83. The molecular formula is C13H13N3O3S2. The van der Waals surface area contributed by atoms with E-state index in [0.29, 0.717) is 18.8 Å². The number of para-hydroxylation sites is 1. The minimum Gasteiger partial charge on any atom is -0.447 e. The second kappa shape index (κ2) is 5.57. The summed E-state index contributed by atoms with van der Waals surface area (Å²) in [5, 5.41) is 8.89. The molecule has 0 spiro atoms. The fraction of sp³-hybridized carbons (Fsp3) is 0.154. The number of rotatable bonds is 5. The first-order valence-corrected chi connectivity index (χ1v) is 8.55. The molecule has 3 aromatic rings. The van der Waals surface area contributed by atoms with Crippen molar-refractivity contribution in [1.29, 1.82) is 0 Å². The van der Waals surface area contributed by atoms with Gasteiger partial charge in [-0.1, -0.05) is 12.1 Å². The first kappa shape index (κ1) is 14.2. The van der Waals surface area contributed by atoms with Crippen LogP contribution in [0, 0.1) is 0 Å². The number of nitrogens with two attached hydrogens (primary N) is 1. The number of thiazole rings is 1. The summed E-state index contributed by atoms with van der Waals surface area (Å²) in [6.07, 6.45) is 0. The highest BCUT2D eigenvalue weighted by molar-refractivity contribution is 7.89. The molecule has 0 amide bonds. The van der Waals surface area contributed by atoms with E-state index < -0.39 is 10.0 Å². The number of nitrogens with zero attached hydrogens (tertiary/aromatic N) is 1. The first-order chi connectivity index (χ1) is 10.0. The monoisotopic (exact) mass is 323 g/mol. The zero-order valence-electron chi connectivity index (χ0n) is 10.9. The van der Waals surface area contributed by atoms with E-state index in [1.165, 1.54) is 6.07 Å². The predicted molar refractivity (Wildman–Crippen MR) is 80.2 cm³/mol. The highest BCUT2D eigenvalue weighted by Crippen LogP contribution is 2.21. The maximum atomic E-state index is 11.1. The second-order valence-electron chi connectivity index (χ2n) is 4.44. The molecule has 0 aliphatic carbocycles. The van der Waals surface area contributed by atoms with Crippen molar-refractivity contribution in [3.8, 4) is 0 Å². The Balaban J connectivity index is 1.62. The molecule has 3 rings (SSSR count). The summed E-state index contributed by atoms with van der Waals surface area (Å²) in [7, 11) is -3.78.